The Morgan fingerprint density at radius 1 is 0.966 bits per heavy atom. The monoisotopic (exact) mass is 414 g/mol. The summed E-state index contributed by atoms with van der Waals surface area (Å²) in [5.74, 6) is 0.140. The average molecular weight is 415 g/mol. The number of hydrogen-bond acceptors (Lipinski definition) is 5. The highest BCUT2D eigenvalue weighted by Crippen LogP contribution is 2.26. The van der Waals surface area contributed by atoms with Gasteiger partial charge in [-0.1, -0.05) is 42.5 Å². The molecule has 0 saturated carbocycles. The predicted octanol–water partition coefficient (Wildman–Crippen LogP) is 2.09. The van der Waals surface area contributed by atoms with Crippen LogP contribution in [-0.4, -0.2) is 62.2 Å². The number of likely N-dealkylation sites (tertiary alicyclic amines) is 1. The van der Waals surface area contributed by atoms with E-state index >= 15 is 0 Å². The van der Waals surface area contributed by atoms with E-state index in [1.807, 2.05) is 47.4 Å². The first-order valence-electron chi connectivity index (χ1n) is 9.86. The number of carbonyl (C=O) groups is 1. The summed E-state index contributed by atoms with van der Waals surface area (Å²) in [5, 5.41) is 0. The molecule has 29 heavy (non-hydrogen) atoms. The number of nitrogens with zero attached hydrogens (tertiary/aromatic N) is 2. The smallest absolute Gasteiger partial charge is 0.225 e. The van der Waals surface area contributed by atoms with E-state index in [9.17, 15) is 13.2 Å². The van der Waals surface area contributed by atoms with Crippen LogP contribution in [0.25, 0.3) is 0 Å². The van der Waals surface area contributed by atoms with Gasteiger partial charge in [-0.05, 0) is 23.3 Å². The van der Waals surface area contributed by atoms with Gasteiger partial charge in [0.05, 0.1) is 30.1 Å². The molecule has 2 aliphatic rings. The standard InChI is InChI=1S/C22H26N2O4S/c1-29(26,27)19-9-7-18(8-10-19)13-23-15-20-21(16-23)28-12-11-22(25)24(20)14-17-5-3-2-4-6-17/h2-10,20-21H,11-16H2,1H3/t20-,21-/m0/s1. The topological polar surface area (TPSA) is 66.9 Å². The van der Waals surface area contributed by atoms with E-state index in [0.717, 1.165) is 24.2 Å². The molecule has 1 amide bonds. The molecule has 0 aliphatic carbocycles. The Bertz CT molecular complexity index is 960. The Labute approximate surface area is 172 Å². The molecule has 2 aliphatic heterocycles. The molecule has 2 atom stereocenters. The Kier molecular flexibility index (Phi) is 5.72. The van der Waals surface area contributed by atoms with Crippen LogP contribution in [0, 0.1) is 0 Å². The summed E-state index contributed by atoms with van der Waals surface area (Å²) in [4.78, 5) is 17.3. The third-order valence-electron chi connectivity index (χ3n) is 5.63. The third-order valence-corrected chi connectivity index (χ3v) is 6.76. The number of carbonyl (C=O) groups excluding carboxylic acids is 1. The summed E-state index contributed by atoms with van der Waals surface area (Å²) in [6.07, 6.45) is 1.64. The number of ether oxygens (including phenoxy) is 1. The molecular weight excluding hydrogens is 388 g/mol. The molecule has 6 nitrogen and oxygen atoms in total. The Morgan fingerprint density at radius 2 is 1.66 bits per heavy atom. The number of sulfone groups is 1. The van der Waals surface area contributed by atoms with Crippen LogP contribution >= 0.6 is 0 Å². The molecule has 2 aromatic carbocycles. The van der Waals surface area contributed by atoms with Crippen LogP contribution in [0.1, 0.15) is 17.5 Å². The van der Waals surface area contributed by atoms with E-state index in [0.29, 0.717) is 31.0 Å². The highest BCUT2D eigenvalue weighted by Gasteiger charge is 2.41. The van der Waals surface area contributed by atoms with Crippen molar-refractivity contribution < 1.29 is 17.9 Å². The van der Waals surface area contributed by atoms with Gasteiger partial charge in [0.2, 0.25) is 5.91 Å². The summed E-state index contributed by atoms with van der Waals surface area (Å²) in [5.41, 5.74) is 2.17. The van der Waals surface area contributed by atoms with Gasteiger partial charge in [0, 0.05) is 32.4 Å². The van der Waals surface area contributed by atoms with Crippen molar-refractivity contribution in [3.05, 3.63) is 65.7 Å². The second-order valence-corrected chi connectivity index (χ2v) is 9.86. The molecular formula is C22H26N2O4S. The van der Waals surface area contributed by atoms with Crippen molar-refractivity contribution in [2.75, 3.05) is 26.0 Å². The van der Waals surface area contributed by atoms with Gasteiger partial charge in [-0.3, -0.25) is 9.69 Å². The van der Waals surface area contributed by atoms with Crippen LogP contribution in [-0.2, 0) is 32.5 Å². The zero-order chi connectivity index (χ0) is 20.4. The normalized spacial score (nSPS) is 23.1. The lowest BCUT2D eigenvalue weighted by Crippen LogP contribution is -2.45. The van der Waals surface area contributed by atoms with Gasteiger partial charge in [0.1, 0.15) is 0 Å². The van der Waals surface area contributed by atoms with Gasteiger partial charge in [0.25, 0.3) is 0 Å². The Balaban J connectivity index is 1.47. The number of hydrogen-bond donors (Lipinski definition) is 0. The largest absolute Gasteiger partial charge is 0.374 e. The maximum atomic E-state index is 12.7. The minimum Gasteiger partial charge on any atom is -0.374 e. The van der Waals surface area contributed by atoms with E-state index < -0.39 is 9.84 Å². The second-order valence-electron chi connectivity index (χ2n) is 7.84. The van der Waals surface area contributed by atoms with Gasteiger partial charge < -0.3 is 9.64 Å². The van der Waals surface area contributed by atoms with Crippen molar-refractivity contribution in [2.24, 2.45) is 0 Å². The van der Waals surface area contributed by atoms with E-state index in [2.05, 4.69) is 4.90 Å². The molecule has 0 bridgehead atoms. The SMILES string of the molecule is CS(=O)(=O)c1ccc(CN2C[C@@H]3OCCC(=O)N(Cc4ccccc4)[C@H]3C2)cc1. The zero-order valence-corrected chi connectivity index (χ0v) is 17.3. The van der Waals surface area contributed by atoms with Crippen LogP contribution in [0.4, 0.5) is 0 Å². The molecule has 0 spiro atoms. The fourth-order valence-electron chi connectivity index (χ4n) is 4.14. The third kappa shape index (κ3) is 4.69. The molecule has 2 fully saturated rings. The molecule has 2 aromatic rings. The minimum atomic E-state index is -3.19. The van der Waals surface area contributed by atoms with Crippen LogP contribution in [0.3, 0.4) is 0 Å². The van der Waals surface area contributed by atoms with Crippen molar-refractivity contribution in [1.29, 1.82) is 0 Å². The van der Waals surface area contributed by atoms with Crippen molar-refractivity contribution in [3.8, 4) is 0 Å². The van der Waals surface area contributed by atoms with Gasteiger partial charge in [-0.25, -0.2) is 8.42 Å². The van der Waals surface area contributed by atoms with Crippen LogP contribution in [0.15, 0.2) is 59.5 Å². The zero-order valence-electron chi connectivity index (χ0n) is 16.5. The summed E-state index contributed by atoms with van der Waals surface area (Å²) in [6.45, 7) is 3.27. The lowest BCUT2D eigenvalue weighted by molar-refractivity contribution is -0.133. The van der Waals surface area contributed by atoms with Crippen molar-refractivity contribution in [3.63, 3.8) is 0 Å². The fourth-order valence-corrected chi connectivity index (χ4v) is 4.77. The highest BCUT2D eigenvalue weighted by atomic mass is 32.2. The number of fused-ring (bicyclic) bond motifs is 1. The number of benzene rings is 2. The first-order chi connectivity index (χ1) is 13.9. The second kappa shape index (κ2) is 8.26. The summed E-state index contributed by atoms with van der Waals surface area (Å²) < 4.78 is 29.3. The predicted molar refractivity (Wildman–Crippen MR) is 110 cm³/mol. The van der Waals surface area contributed by atoms with Gasteiger partial charge in [-0.15, -0.1) is 0 Å². The van der Waals surface area contributed by atoms with Crippen molar-refractivity contribution >= 4 is 15.7 Å². The maximum Gasteiger partial charge on any atom is 0.225 e. The van der Waals surface area contributed by atoms with Crippen LogP contribution in [0.2, 0.25) is 0 Å². The molecule has 2 heterocycles. The molecule has 0 radical (unpaired) electrons. The average Bonchev–Trinajstić information content (AvgIpc) is 3.02. The molecule has 0 N–H and O–H groups in total. The first kappa shape index (κ1) is 20.1. The van der Waals surface area contributed by atoms with Crippen molar-refractivity contribution in [1.82, 2.24) is 9.80 Å². The van der Waals surface area contributed by atoms with E-state index in [1.165, 1.54) is 6.26 Å². The van der Waals surface area contributed by atoms with E-state index in [-0.39, 0.29) is 18.1 Å². The summed E-state index contributed by atoms with van der Waals surface area (Å²) >= 11 is 0. The lowest BCUT2D eigenvalue weighted by atomic mass is 10.1. The molecule has 0 aromatic heterocycles. The molecule has 0 unspecified atom stereocenters. The van der Waals surface area contributed by atoms with E-state index in [1.54, 1.807) is 12.1 Å². The fraction of sp³-hybridized carbons (Fsp3) is 0.409. The van der Waals surface area contributed by atoms with Crippen LogP contribution < -0.4 is 0 Å². The van der Waals surface area contributed by atoms with Gasteiger partial charge >= 0.3 is 0 Å². The Hall–Kier alpha value is -2.22. The van der Waals surface area contributed by atoms with Crippen molar-refractivity contribution in [2.45, 2.75) is 36.6 Å². The number of amides is 1. The van der Waals surface area contributed by atoms with Gasteiger partial charge in [0.15, 0.2) is 9.84 Å². The molecule has 4 rings (SSSR count). The van der Waals surface area contributed by atoms with E-state index in [4.69, 9.17) is 4.74 Å². The summed E-state index contributed by atoms with van der Waals surface area (Å²) in [7, 11) is -3.19. The Morgan fingerprint density at radius 3 is 2.34 bits per heavy atom. The van der Waals surface area contributed by atoms with Gasteiger partial charge in [-0.2, -0.15) is 0 Å². The molecule has 2 saturated heterocycles. The highest BCUT2D eigenvalue weighted by molar-refractivity contribution is 7.90. The number of rotatable bonds is 5. The molecule has 7 heteroatoms. The minimum absolute atomic E-state index is 0.000421. The molecule has 154 valence electrons. The lowest BCUT2D eigenvalue weighted by Gasteiger charge is -2.30. The quantitative estimate of drug-likeness (QED) is 0.750. The first-order valence-corrected chi connectivity index (χ1v) is 11.8. The van der Waals surface area contributed by atoms with Crippen LogP contribution in [0.5, 0.6) is 0 Å². The maximum absolute atomic E-state index is 12.7. The summed E-state index contributed by atoms with van der Waals surface area (Å²) in [6, 6.07) is 17.1.